The van der Waals surface area contributed by atoms with Crippen LogP contribution in [0.25, 0.3) is 0 Å². The van der Waals surface area contributed by atoms with Gasteiger partial charge in [-0.05, 0) is 41.5 Å². The molecule has 21 heavy (non-hydrogen) atoms. The number of carbonyl (C=O) groups is 1. The van der Waals surface area contributed by atoms with Crippen LogP contribution in [0.5, 0.6) is 5.75 Å². The molecule has 0 aliphatic rings. The van der Waals surface area contributed by atoms with Crippen LogP contribution in [-0.4, -0.2) is 13.1 Å². The number of nitrogens with two attached hydrogens (primary N) is 1. The van der Waals surface area contributed by atoms with Gasteiger partial charge in [-0.1, -0.05) is 28.1 Å². The van der Waals surface area contributed by atoms with Crippen molar-refractivity contribution in [3.8, 4) is 5.75 Å². The molecule has 4 nitrogen and oxygen atoms in total. The summed E-state index contributed by atoms with van der Waals surface area (Å²) in [6.07, 6.45) is 0. The highest BCUT2D eigenvalue weighted by Gasteiger charge is 2.05. The van der Waals surface area contributed by atoms with Gasteiger partial charge in [0.2, 0.25) is 0 Å². The summed E-state index contributed by atoms with van der Waals surface area (Å²) in [4.78, 5) is 11.3. The fraction of sp³-hybridized carbons (Fsp3) is 0.188. The number of rotatable bonds is 5. The Bertz CT molecular complexity index is 626. The van der Waals surface area contributed by atoms with Gasteiger partial charge in [-0.15, -0.1) is 0 Å². The van der Waals surface area contributed by atoms with E-state index in [9.17, 15) is 4.79 Å². The van der Waals surface area contributed by atoms with E-state index >= 15 is 0 Å². The number of carbonyl (C=O) groups excluding carboxylic acids is 1. The summed E-state index contributed by atoms with van der Waals surface area (Å²) in [5.74, 6) is 0.415. The van der Waals surface area contributed by atoms with Gasteiger partial charge in [0.1, 0.15) is 12.4 Å². The predicted octanol–water partition coefficient (Wildman–Crippen LogP) is 3.27. The molecule has 0 atom stereocenters. The second-order valence-corrected chi connectivity index (χ2v) is 5.29. The smallest absolute Gasteiger partial charge is 0.337 e. The molecule has 0 amide bonds. The van der Waals surface area contributed by atoms with Crippen molar-refractivity contribution in [2.24, 2.45) is 5.73 Å². The number of hydrogen-bond acceptors (Lipinski definition) is 4. The molecule has 0 bridgehead atoms. The van der Waals surface area contributed by atoms with E-state index in [2.05, 4.69) is 20.7 Å². The van der Waals surface area contributed by atoms with Crippen LogP contribution in [0.2, 0.25) is 0 Å². The zero-order valence-electron chi connectivity index (χ0n) is 11.6. The second kappa shape index (κ2) is 7.24. The minimum atomic E-state index is -0.344. The molecule has 0 aliphatic carbocycles. The first-order valence-electron chi connectivity index (χ1n) is 6.42. The fourth-order valence-electron chi connectivity index (χ4n) is 1.82. The molecule has 0 aliphatic heterocycles. The molecule has 0 spiro atoms. The molecule has 2 aromatic carbocycles. The van der Waals surface area contributed by atoms with Crippen LogP contribution in [0.15, 0.2) is 46.9 Å². The standard InChI is InChI=1S/C16H16BrNO3/c1-20-16(19)12-4-2-11(3-5-12)10-21-14-6-7-15(17)13(8-14)9-18/h2-8H,9-10,18H2,1H3. The van der Waals surface area contributed by atoms with Crippen LogP contribution >= 0.6 is 15.9 Å². The maximum atomic E-state index is 11.3. The molecule has 0 aromatic heterocycles. The van der Waals surface area contributed by atoms with Crippen molar-refractivity contribution >= 4 is 21.9 Å². The lowest BCUT2D eigenvalue weighted by Gasteiger charge is -2.09. The van der Waals surface area contributed by atoms with Crippen LogP contribution < -0.4 is 10.5 Å². The first kappa shape index (κ1) is 15.5. The predicted molar refractivity (Wildman–Crippen MR) is 84.1 cm³/mol. The Kier molecular flexibility index (Phi) is 5.36. The minimum Gasteiger partial charge on any atom is -0.489 e. The zero-order chi connectivity index (χ0) is 15.2. The number of benzene rings is 2. The first-order chi connectivity index (χ1) is 10.1. The summed E-state index contributed by atoms with van der Waals surface area (Å²) in [7, 11) is 1.36. The maximum absolute atomic E-state index is 11.3. The van der Waals surface area contributed by atoms with E-state index in [1.165, 1.54) is 7.11 Å². The van der Waals surface area contributed by atoms with Gasteiger partial charge >= 0.3 is 5.97 Å². The average Bonchev–Trinajstić information content (AvgIpc) is 2.53. The molecule has 0 radical (unpaired) electrons. The summed E-state index contributed by atoms with van der Waals surface area (Å²) in [5, 5.41) is 0. The summed E-state index contributed by atoms with van der Waals surface area (Å²) in [6, 6.07) is 12.8. The molecule has 5 heteroatoms. The number of esters is 1. The van der Waals surface area contributed by atoms with Gasteiger partial charge in [0.05, 0.1) is 12.7 Å². The Labute approximate surface area is 132 Å². The Morgan fingerprint density at radius 2 is 1.90 bits per heavy atom. The molecule has 2 rings (SSSR count). The summed E-state index contributed by atoms with van der Waals surface area (Å²) in [5.41, 5.74) is 8.15. The minimum absolute atomic E-state index is 0.344. The molecule has 110 valence electrons. The number of methoxy groups -OCH3 is 1. The van der Waals surface area contributed by atoms with Crippen LogP contribution in [0, 0.1) is 0 Å². The second-order valence-electron chi connectivity index (χ2n) is 4.43. The van der Waals surface area contributed by atoms with E-state index in [4.69, 9.17) is 10.5 Å². The summed E-state index contributed by atoms with van der Waals surface area (Å²) >= 11 is 3.44. The molecular weight excluding hydrogens is 334 g/mol. The van der Waals surface area contributed by atoms with Crippen LogP contribution in [0.4, 0.5) is 0 Å². The van der Waals surface area contributed by atoms with Crippen molar-refractivity contribution < 1.29 is 14.3 Å². The zero-order valence-corrected chi connectivity index (χ0v) is 13.2. The fourth-order valence-corrected chi connectivity index (χ4v) is 2.23. The third-order valence-electron chi connectivity index (χ3n) is 3.02. The topological polar surface area (TPSA) is 61.5 Å². The Hall–Kier alpha value is -1.85. The Morgan fingerprint density at radius 3 is 2.52 bits per heavy atom. The van der Waals surface area contributed by atoms with E-state index in [1.54, 1.807) is 12.1 Å². The largest absolute Gasteiger partial charge is 0.489 e. The van der Waals surface area contributed by atoms with Crippen LogP contribution in [0.3, 0.4) is 0 Å². The van der Waals surface area contributed by atoms with E-state index < -0.39 is 0 Å². The van der Waals surface area contributed by atoms with Gasteiger partial charge in [0.25, 0.3) is 0 Å². The molecule has 2 N–H and O–H groups in total. The third-order valence-corrected chi connectivity index (χ3v) is 3.79. The third kappa shape index (κ3) is 4.06. The molecule has 0 heterocycles. The lowest BCUT2D eigenvalue weighted by molar-refractivity contribution is 0.0600. The van der Waals surface area contributed by atoms with Crippen molar-refractivity contribution in [2.45, 2.75) is 13.2 Å². The van der Waals surface area contributed by atoms with Crippen molar-refractivity contribution in [3.05, 3.63) is 63.6 Å². The van der Waals surface area contributed by atoms with E-state index in [1.807, 2.05) is 30.3 Å². The van der Waals surface area contributed by atoms with Crippen molar-refractivity contribution in [2.75, 3.05) is 7.11 Å². The van der Waals surface area contributed by atoms with Gasteiger partial charge in [0.15, 0.2) is 0 Å². The van der Waals surface area contributed by atoms with Crippen LogP contribution in [-0.2, 0) is 17.9 Å². The van der Waals surface area contributed by atoms with Crippen LogP contribution in [0.1, 0.15) is 21.5 Å². The van der Waals surface area contributed by atoms with Gasteiger partial charge < -0.3 is 15.2 Å². The van der Waals surface area contributed by atoms with Crippen molar-refractivity contribution in [1.82, 2.24) is 0 Å². The average molecular weight is 350 g/mol. The monoisotopic (exact) mass is 349 g/mol. The number of ether oxygens (including phenoxy) is 2. The highest BCUT2D eigenvalue weighted by atomic mass is 79.9. The number of hydrogen-bond donors (Lipinski definition) is 1. The normalized spacial score (nSPS) is 10.2. The number of halogens is 1. The molecular formula is C16H16BrNO3. The molecule has 0 saturated carbocycles. The van der Waals surface area contributed by atoms with E-state index in [0.29, 0.717) is 18.7 Å². The molecule has 0 saturated heterocycles. The van der Waals surface area contributed by atoms with Crippen molar-refractivity contribution in [1.29, 1.82) is 0 Å². The summed E-state index contributed by atoms with van der Waals surface area (Å²) < 4.78 is 11.4. The van der Waals surface area contributed by atoms with E-state index in [0.717, 1.165) is 21.3 Å². The van der Waals surface area contributed by atoms with Gasteiger partial charge in [0, 0.05) is 11.0 Å². The summed E-state index contributed by atoms with van der Waals surface area (Å²) in [6.45, 7) is 0.874. The Balaban J connectivity index is 2.01. The lowest BCUT2D eigenvalue weighted by Crippen LogP contribution is -2.02. The van der Waals surface area contributed by atoms with Gasteiger partial charge in [-0.25, -0.2) is 4.79 Å². The quantitative estimate of drug-likeness (QED) is 0.841. The SMILES string of the molecule is COC(=O)c1ccc(COc2ccc(Br)c(CN)c2)cc1. The highest BCUT2D eigenvalue weighted by Crippen LogP contribution is 2.23. The molecule has 0 unspecified atom stereocenters. The maximum Gasteiger partial charge on any atom is 0.337 e. The highest BCUT2D eigenvalue weighted by molar-refractivity contribution is 9.10. The molecule has 2 aromatic rings. The van der Waals surface area contributed by atoms with Crippen molar-refractivity contribution in [3.63, 3.8) is 0 Å². The van der Waals surface area contributed by atoms with E-state index in [-0.39, 0.29) is 5.97 Å². The lowest BCUT2D eigenvalue weighted by atomic mass is 10.1. The van der Waals surface area contributed by atoms with Gasteiger partial charge in [-0.2, -0.15) is 0 Å². The Morgan fingerprint density at radius 1 is 1.19 bits per heavy atom. The first-order valence-corrected chi connectivity index (χ1v) is 7.22. The molecule has 0 fully saturated rings. The van der Waals surface area contributed by atoms with Gasteiger partial charge in [-0.3, -0.25) is 0 Å².